The lowest BCUT2D eigenvalue weighted by Crippen LogP contribution is -2.31. The number of aromatic nitrogens is 3. The molecule has 1 fully saturated rings. The number of benzene rings is 2. The molecule has 3 N–H and O–H groups in total. The average molecular weight is 539 g/mol. The van der Waals surface area contributed by atoms with Gasteiger partial charge >= 0.3 is 0 Å². The van der Waals surface area contributed by atoms with Crippen LogP contribution in [0, 0.1) is 11.7 Å². The molecule has 2 aromatic heterocycles. The first-order chi connectivity index (χ1) is 18.1. The molecule has 7 nitrogen and oxygen atoms in total. The zero-order valence-electron chi connectivity index (χ0n) is 20.8. The summed E-state index contributed by atoms with van der Waals surface area (Å²) in [6.07, 6.45) is 4.86. The maximum Gasteiger partial charge on any atom is 0.229 e. The molecular formula is C27H31FN6OS2. The van der Waals surface area contributed by atoms with E-state index in [2.05, 4.69) is 42.0 Å². The normalized spacial score (nSPS) is 14.9. The van der Waals surface area contributed by atoms with Gasteiger partial charge in [0.1, 0.15) is 22.7 Å². The summed E-state index contributed by atoms with van der Waals surface area (Å²) in [6, 6.07) is 16.0. The van der Waals surface area contributed by atoms with Crippen molar-refractivity contribution in [1.29, 1.82) is 0 Å². The third kappa shape index (κ3) is 7.72. The van der Waals surface area contributed by atoms with Gasteiger partial charge in [-0.15, -0.1) is 11.3 Å². The van der Waals surface area contributed by atoms with Crippen molar-refractivity contribution in [2.45, 2.75) is 37.7 Å². The highest BCUT2D eigenvalue weighted by Crippen LogP contribution is 2.35. The van der Waals surface area contributed by atoms with E-state index in [1.54, 1.807) is 42.5 Å². The maximum absolute atomic E-state index is 13.1. The van der Waals surface area contributed by atoms with Gasteiger partial charge in [0.15, 0.2) is 0 Å². The van der Waals surface area contributed by atoms with Crippen LogP contribution in [0.3, 0.4) is 0 Å². The number of piperidine rings is 1. The molecule has 0 aliphatic carbocycles. The topological polar surface area (TPSA) is 86.2 Å². The molecule has 0 spiro atoms. The predicted octanol–water partition coefficient (Wildman–Crippen LogP) is 7.04. The Morgan fingerprint density at radius 2 is 1.62 bits per heavy atom. The van der Waals surface area contributed by atoms with Crippen molar-refractivity contribution in [3.63, 3.8) is 0 Å². The molecule has 3 heterocycles. The molecule has 1 aliphatic rings. The van der Waals surface area contributed by atoms with E-state index in [0.29, 0.717) is 11.8 Å². The van der Waals surface area contributed by atoms with Crippen molar-refractivity contribution in [2.75, 3.05) is 23.7 Å². The number of nitrogens with zero attached hydrogens (tertiary/aromatic N) is 4. The number of nitrogens with one attached hydrogen (secondary N) is 2. The molecular weight excluding hydrogens is 507 g/mol. The predicted molar refractivity (Wildman–Crippen MR) is 150 cm³/mol. The van der Waals surface area contributed by atoms with Gasteiger partial charge in [-0.25, -0.2) is 18.7 Å². The minimum absolute atomic E-state index is 0.262. The molecule has 1 aliphatic heterocycles. The highest BCUT2D eigenvalue weighted by Gasteiger charge is 2.28. The Balaban J connectivity index is 0.00000156. The number of hydrogen-bond donors (Lipinski definition) is 3. The first-order valence-corrected chi connectivity index (χ1v) is 14.0. The third-order valence-corrected chi connectivity index (χ3v) is 7.72. The van der Waals surface area contributed by atoms with Crippen LogP contribution in [0.4, 0.5) is 27.5 Å². The van der Waals surface area contributed by atoms with Gasteiger partial charge in [0.25, 0.3) is 0 Å². The van der Waals surface area contributed by atoms with Crippen LogP contribution in [0.25, 0.3) is 0 Å². The lowest BCUT2D eigenvalue weighted by atomic mass is 9.92. The van der Waals surface area contributed by atoms with Gasteiger partial charge in [0, 0.05) is 47.1 Å². The van der Waals surface area contributed by atoms with Gasteiger partial charge in [-0.2, -0.15) is 4.98 Å². The molecule has 37 heavy (non-hydrogen) atoms. The summed E-state index contributed by atoms with van der Waals surface area (Å²) < 4.78 is 15.5. The first kappa shape index (κ1) is 27.0. The monoisotopic (exact) mass is 538 g/mol. The minimum atomic E-state index is -0.459. The molecule has 0 saturated carbocycles. The Hall–Kier alpha value is -3.05. The molecule has 5 rings (SSSR count). The third-order valence-electron chi connectivity index (χ3n) is 5.77. The Kier molecular flexibility index (Phi) is 9.84. The Morgan fingerprint density at radius 1 is 0.946 bits per heavy atom. The van der Waals surface area contributed by atoms with Crippen LogP contribution in [-0.4, -0.2) is 37.5 Å². The van der Waals surface area contributed by atoms with Crippen LogP contribution in [0.1, 0.15) is 37.8 Å². The second kappa shape index (κ2) is 13.5. The summed E-state index contributed by atoms with van der Waals surface area (Å²) in [6.45, 7) is 5.86. The Bertz CT molecular complexity index is 1220. The van der Waals surface area contributed by atoms with E-state index in [1.165, 1.54) is 23.5 Å². The number of thiazole rings is 1. The minimum Gasteiger partial charge on any atom is -0.386 e. The highest BCUT2D eigenvalue weighted by atomic mass is 32.2. The molecule has 0 bridgehead atoms. The summed E-state index contributed by atoms with van der Waals surface area (Å²) in [7, 11) is 0. The van der Waals surface area contributed by atoms with Crippen molar-refractivity contribution >= 4 is 46.4 Å². The number of aliphatic hydroxyl groups is 1. The van der Waals surface area contributed by atoms with Crippen molar-refractivity contribution in [3.8, 4) is 0 Å². The van der Waals surface area contributed by atoms with E-state index in [0.717, 1.165) is 47.2 Å². The fraction of sp³-hybridized carbons (Fsp3) is 0.296. The van der Waals surface area contributed by atoms with E-state index >= 15 is 0 Å². The van der Waals surface area contributed by atoms with E-state index in [-0.39, 0.29) is 11.7 Å². The van der Waals surface area contributed by atoms with Gasteiger partial charge in [-0.3, -0.25) is 0 Å². The molecule has 194 valence electrons. The second-order valence-corrected chi connectivity index (χ2v) is 10.3. The zero-order chi connectivity index (χ0) is 26.0. The van der Waals surface area contributed by atoms with Gasteiger partial charge < -0.3 is 15.7 Å². The van der Waals surface area contributed by atoms with Crippen molar-refractivity contribution in [1.82, 2.24) is 19.3 Å². The maximum atomic E-state index is 13.1. The summed E-state index contributed by atoms with van der Waals surface area (Å²) in [5.74, 6) is 1.07. The van der Waals surface area contributed by atoms with Crippen LogP contribution in [0.15, 0.2) is 77.3 Å². The SMILES string of the molecule is CC.OC(c1nccs1)C1CCN(Sc2ccc(Nc3nccc(Nc4ccc(F)cc4)n3)cc2)CC1. The van der Waals surface area contributed by atoms with Gasteiger partial charge in [0.2, 0.25) is 5.95 Å². The van der Waals surface area contributed by atoms with E-state index in [4.69, 9.17) is 0 Å². The smallest absolute Gasteiger partial charge is 0.229 e. The number of aliphatic hydroxyl groups excluding tert-OH is 1. The quantitative estimate of drug-likeness (QED) is 0.206. The van der Waals surface area contributed by atoms with Crippen LogP contribution in [0.2, 0.25) is 0 Å². The molecule has 0 radical (unpaired) electrons. The van der Waals surface area contributed by atoms with E-state index < -0.39 is 6.10 Å². The average Bonchev–Trinajstić information content (AvgIpc) is 3.48. The van der Waals surface area contributed by atoms with Crippen LogP contribution < -0.4 is 10.6 Å². The van der Waals surface area contributed by atoms with E-state index in [9.17, 15) is 9.50 Å². The molecule has 2 aromatic carbocycles. The van der Waals surface area contributed by atoms with Crippen molar-refractivity contribution in [2.24, 2.45) is 5.92 Å². The Labute approximate surface area is 225 Å². The second-order valence-electron chi connectivity index (χ2n) is 8.22. The Morgan fingerprint density at radius 3 is 2.30 bits per heavy atom. The summed E-state index contributed by atoms with van der Waals surface area (Å²) in [4.78, 5) is 14.2. The lowest BCUT2D eigenvalue weighted by Gasteiger charge is -2.32. The first-order valence-electron chi connectivity index (χ1n) is 12.4. The molecule has 10 heteroatoms. The lowest BCUT2D eigenvalue weighted by molar-refractivity contribution is 0.0776. The molecule has 1 unspecified atom stereocenters. The van der Waals surface area contributed by atoms with Crippen LogP contribution >= 0.6 is 23.3 Å². The van der Waals surface area contributed by atoms with E-state index in [1.807, 2.05) is 31.4 Å². The fourth-order valence-corrected chi connectivity index (χ4v) is 5.58. The van der Waals surface area contributed by atoms with Gasteiger partial charge in [-0.1, -0.05) is 13.8 Å². The zero-order valence-corrected chi connectivity index (χ0v) is 22.5. The molecule has 0 amide bonds. The molecule has 4 aromatic rings. The summed E-state index contributed by atoms with van der Waals surface area (Å²) in [5, 5.41) is 19.7. The van der Waals surface area contributed by atoms with Gasteiger partial charge in [0.05, 0.1) is 0 Å². The standard InChI is InChI=1S/C25H25FN6OS2.C2H6/c26-18-1-3-19(4-2-18)29-22-9-12-28-25(31-22)30-20-5-7-21(8-6-20)35-32-14-10-17(11-15-32)23(33)24-27-13-16-34-24;1-2/h1-9,12-13,16-17,23,33H,10-11,14-15H2,(H2,28,29,30,31);1-2H3. The number of anilines is 4. The number of halogens is 1. The van der Waals surface area contributed by atoms with Crippen molar-refractivity contribution < 1.29 is 9.50 Å². The summed E-state index contributed by atoms with van der Waals surface area (Å²) in [5.41, 5.74) is 1.64. The number of hydrogen-bond acceptors (Lipinski definition) is 9. The summed E-state index contributed by atoms with van der Waals surface area (Å²) >= 11 is 3.26. The molecule has 1 atom stereocenters. The van der Waals surface area contributed by atoms with Gasteiger partial charge in [-0.05, 0) is 85.3 Å². The highest BCUT2D eigenvalue weighted by molar-refractivity contribution is 7.97. The van der Waals surface area contributed by atoms with Crippen molar-refractivity contribution in [3.05, 3.63) is 83.2 Å². The van der Waals surface area contributed by atoms with Crippen LogP contribution in [-0.2, 0) is 0 Å². The molecule has 1 saturated heterocycles. The fourth-order valence-electron chi connectivity index (χ4n) is 3.91. The van der Waals surface area contributed by atoms with Crippen LogP contribution in [0.5, 0.6) is 0 Å². The number of rotatable bonds is 8. The largest absolute Gasteiger partial charge is 0.386 e.